The number of likely N-dealkylation sites (tertiary alicyclic amines) is 1. The largest absolute Gasteiger partial charge is 0.342 e. The number of piperidine rings is 1. The molecule has 0 unspecified atom stereocenters. The Morgan fingerprint density at radius 2 is 2.12 bits per heavy atom. The van der Waals surface area contributed by atoms with Crippen LogP contribution in [0.5, 0.6) is 0 Å². The van der Waals surface area contributed by atoms with E-state index in [-0.39, 0.29) is 0 Å². The van der Waals surface area contributed by atoms with E-state index in [4.69, 9.17) is 4.98 Å². The molecule has 4 rings (SSSR count). The second-order valence-corrected chi connectivity index (χ2v) is 7.52. The van der Waals surface area contributed by atoms with Gasteiger partial charge in [0.05, 0.1) is 11.0 Å². The molecule has 130 valence electrons. The minimum atomic E-state index is 0.465. The molecule has 3 heterocycles. The second kappa shape index (κ2) is 7.14. The molecular formula is C19H23N5S. The van der Waals surface area contributed by atoms with Crippen LogP contribution < -0.4 is 0 Å². The van der Waals surface area contributed by atoms with Gasteiger partial charge >= 0.3 is 0 Å². The number of aromatic nitrogens is 4. The lowest BCUT2D eigenvalue weighted by Gasteiger charge is -2.31. The third-order valence-electron chi connectivity index (χ3n) is 4.90. The van der Waals surface area contributed by atoms with Crippen molar-refractivity contribution in [2.45, 2.75) is 37.4 Å². The zero-order valence-electron chi connectivity index (χ0n) is 14.7. The summed E-state index contributed by atoms with van der Waals surface area (Å²) in [6.45, 7) is 5.19. The zero-order valence-corrected chi connectivity index (χ0v) is 15.5. The van der Waals surface area contributed by atoms with Crippen molar-refractivity contribution in [2.24, 2.45) is 0 Å². The molecule has 1 aliphatic rings. The Hall–Kier alpha value is -1.92. The molecule has 25 heavy (non-hydrogen) atoms. The van der Waals surface area contributed by atoms with Crippen LogP contribution in [0.3, 0.4) is 0 Å². The molecule has 5 nitrogen and oxygen atoms in total. The van der Waals surface area contributed by atoms with Gasteiger partial charge in [-0.15, -0.1) is 0 Å². The van der Waals surface area contributed by atoms with Crippen LogP contribution in [0.1, 0.15) is 35.7 Å². The standard InChI is InChI=1S/C19H23N5S/c1-13-5-3-7-16-17(13)23-18(22-16)15-6-4-8-24(12-15)11-14-9-20-19(25-2)21-10-14/h3,5,7,9-10,15H,4,6,8,11-12H2,1-2H3,(H,22,23)/t15-/m1/s1. The Labute approximate surface area is 152 Å². The van der Waals surface area contributed by atoms with E-state index >= 15 is 0 Å². The third kappa shape index (κ3) is 3.55. The first-order chi connectivity index (χ1) is 12.2. The quantitative estimate of drug-likeness (QED) is 0.572. The number of aromatic amines is 1. The number of rotatable bonds is 4. The van der Waals surface area contributed by atoms with Crippen LogP contribution in [0.25, 0.3) is 11.0 Å². The Morgan fingerprint density at radius 1 is 1.28 bits per heavy atom. The topological polar surface area (TPSA) is 57.7 Å². The Balaban J connectivity index is 1.48. The normalized spacial score (nSPS) is 18.7. The zero-order chi connectivity index (χ0) is 17.2. The molecule has 1 fully saturated rings. The lowest BCUT2D eigenvalue weighted by molar-refractivity contribution is 0.196. The maximum atomic E-state index is 4.89. The van der Waals surface area contributed by atoms with Gasteiger partial charge < -0.3 is 4.98 Å². The molecule has 1 saturated heterocycles. The van der Waals surface area contributed by atoms with Crippen LogP contribution in [0, 0.1) is 6.92 Å². The van der Waals surface area contributed by atoms with Crippen molar-refractivity contribution in [2.75, 3.05) is 19.3 Å². The molecule has 1 aromatic carbocycles. The van der Waals surface area contributed by atoms with Crippen LogP contribution in [0.15, 0.2) is 35.7 Å². The van der Waals surface area contributed by atoms with E-state index in [1.807, 2.05) is 18.6 Å². The summed E-state index contributed by atoms with van der Waals surface area (Å²) in [5, 5.41) is 0.831. The molecule has 0 saturated carbocycles. The van der Waals surface area contributed by atoms with Crippen LogP contribution in [-0.2, 0) is 6.54 Å². The fraction of sp³-hybridized carbons (Fsp3) is 0.421. The number of aryl methyl sites for hydroxylation is 1. The maximum absolute atomic E-state index is 4.89. The summed E-state index contributed by atoms with van der Waals surface area (Å²) < 4.78 is 0. The van der Waals surface area contributed by atoms with Crippen molar-refractivity contribution in [3.05, 3.63) is 47.5 Å². The number of imidazole rings is 1. The molecule has 6 heteroatoms. The molecule has 0 amide bonds. The Kier molecular flexibility index (Phi) is 4.72. The van der Waals surface area contributed by atoms with Gasteiger partial charge in [0.15, 0.2) is 5.16 Å². The molecule has 1 N–H and O–H groups in total. The predicted molar refractivity (Wildman–Crippen MR) is 102 cm³/mol. The van der Waals surface area contributed by atoms with E-state index < -0.39 is 0 Å². The summed E-state index contributed by atoms with van der Waals surface area (Å²) in [6.07, 6.45) is 8.29. The maximum Gasteiger partial charge on any atom is 0.187 e. The van der Waals surface area contributed by atoms with E-state index in [9.17, 15) is 0 Å². The number of hydrogen-bond donors (Lipinski definition) is 1. The van der Waals surface area contributed by atoms with Crippen molar-refractivity contribution in [1.29, 1.82) is 0 Å². The number of para-hydroxylation sites is 1. The number of H-pyrrole nitrogens is 1. The number of benzene rings is 1. The number of thioether (sulfide) groups is 1. The summed E-state index contributed by atoms with van der Waals surface area (Å²) in [7, 11) is 0. The van der Waals surface area contributed by atoms with E-state index in [0.717, 1.165) is 41.6 Å². The van der Waals surface area contributed by atoms with Gasteiger partial charge in [0.1, 0.15) is 5.82 Å². The minimum Gasteiger partial charge on any atom is -0.342 e. The number of hydrogen-bond acceptors (Lipinski definition) is 5. The van der Waals surface area contributed by atoms with Gasteiger partial charge in [-0.2, -0.15) is 0 Å². The number of fused-ring (bicyclic) bond motifs is 1. The first-order valence-electron chi connectivity index (χ1n) is 8.75. The molecule has 0 radical (unpaired) electrons. The fourth-order valence-corrected chi connectivity index (χ4v) is 3.91. The summed E-state index contributed by atoms with van der Waals surface area (Å²) in [6, 6.07) is 6.33. The van der Waals surface area contributed by atoms with Crippen LogP contribution in [-0.4, -0.2) is 44.2 Å². The lowest BCUT2D eigenvalue weighted by atomic mass is 9.97. The molecule has 3 aromatic rings. The third-order valence-corrected chi connectivity index (χ3v) is 5.47. The van der Waals surface area contributed by atoms with Gasteiger partial charge in [-0.05, 0) is 44.2 Å². The Bertz CT molecular complexity index is 858. The fourth-order valence-electron chi connectivity index (χ4n) is 3.60. The highest BCUT2D eigenvalue weighted by Gasteiger charge is 2.24. The number of nitrogens with one attached hydrogen (secondary N) is 1. The molecule has 1 aliphatic heterocycles. The van der Waals surface area contributed by atoms with Gasteiger partial charge in [-0.25, -0.2) is 15.0 Å². The van der Waals surface area contributed by atoms with E-state index in [1.54, 1.807) is 11.8 Å². The summed E-state index contributed by atoms with van der Waals surface area (Å²) >= 11 is 1.58. The first-order valence-corrected chi connectivity index (χ1v) is 9.98. The highest BCUT2D eigenvalue weighted by Crippen LogP contribution is 2.28. The SMILES string of the molecule is CSc1ncc(CN2CCC[C@@H](c3nc4c(C)cccc4[nH]3)C2)cn1. The second-order valence-electron chi connectivity index (χ2n) is 6.75. The van der Waals surface area contributed by atoms with Gasteiger partial charge in [-0.1, -0.05) is 23.9 Å². The first kappa shape index (κ1) is 16.5. The molecule has 0 spiro atoms. The molecule has 0 aliphatic carbocycles. The van der Waals surface area contributed by atoms with Crippen molar-refractivity contribution >= 4 is 22.8 Å². The molecular weight excluding hydrogens is 330 g/mol. The van der Waals surface area contributed by atoms with Gasteiger partial charge in [0.25, 0.3) is 0 Å². The lowest BCUT2D eigenvalue weighted by Crippen LogP contribution is -2.34. The van der Waals surface area contributed by atoms with Crippen LogP contribution in [0.2, 0.25) is 0 Å². The van der Waals surface area contributed by atoms with E-state index in [1.165, 1.54) is 24.0 Å². The van der Waals surface area contributed by atoms with Crippen LogP contribution >= 0.6 is 11.8 Å². The summed E-state index contributed by atoms with van der Waals surface area (Å²) in [5.74, 6) is 1.59. The molecule has 2 aromatic heterocycles. The summed E-state index contributed by atoms with van der Waals surface area (Å²) in [5.41, 5.74) is 4.67. The highest BCUT2D eigenvalue weighted by molar-refractivity contribution is 7.98. The van der Waals surface area contributed by atoms with Gasteiger partial charge in [0.2, 0.25) is 0 Å². The van der Waals surface area contributed by atoms with Crippen LogP contribution in [0.4, 0.5) is 0 Å². The van der Waals surface area contributed by atoms with Crippen molar-refractivity contribution in [3.8, 4) is 0 Å². The van der Waals surface area contributed by atoms with E-state index in [2.05, 4.69) is 45.0 Å². The van der Waals surface area contributed by atoms with E-state index in [0.29, 0.717) is 5.92 Å². The van der Waals surface area contributed by atoms with Crippen molar-refractivity contribution in [1.82, 2.24) is 24.8 Å². The van der Waals surface area contributed by atoms with Gasteiger partial charge in [0, 0.05) is 37.0 Å². The average Bonchev–Trinajstić information content (AvgIpc) is 3.08. The monoisotopic (exact) mass is 353 g/mol. The predicted octanol–water partition coefficient (Wildman–Crippen LogP) is 3.76. The molecule has 1 atom stereocenters. The minimum absolute atomic E-state index is 0.465. The number of nitrogens with zero attached hydrogens (tertiary/aromatic N) is 4. The van der Waals surface area contributed by atoms with Crippen molar-refractivity contribution in [3.63, 3.8) is 0 Å². The Morgan fingerprint density at radius 3 is 2.88 bits per heavy atom. The average molecular weight is 353 g/mol. The van der Waals surface area contributed by atoms with Gasteiger partial charge in [-0.3, -0.25) is 4.90 Å². The smallest absolute Gasteiger partial charge is 0.187 e. The van der Waals surface area contributed by atoms with Crippen molar-refractivity contribution < 1.29 is 0 Å². The summed E-state index contributed by atoms with van der Waals surface area (Å²) in [4.78, 5) is 19.7. The molecule has 0 bridgehead atoms. The highest BCUT2D eigenvalue weighted by atomic mass is 32.2.